The van der Waals surface area contributed by atoms with E-state index in [9.17, 15) is 38.5 Å². The number of benzene rings is 1. The first kappa shape index (κ1) is 38.1. The van der Waals surface area contributed by atoms with E-state index in [1.54, 1.807) is 9.80 Å². The molecule has 8 aliphatic rings. The number of carbonyl (C=O) groups excluding carboxylic acids is 4. The number of likely N-dealkylation sites (tertiary alicyclic amines) is 2. The maximum Gasteiger partial charge on any atom is 0.312 e. The fourth-order valence-corrected chi connectivity index (χ4v) is 10.1. The van der Waals surface area contributed by atoms with Gasteiger partial charge >= 0.3 is 11.9 Å². The Balaban J connectivity index is 0.863. The molecule has 4 atom stereocenters. The van der Waals surface area contributed by atoms with E-state index < -0.39 is 46.3 Å². The Bertz CT molecular complexity index is 1550. The van der Waals surface area contributed by atoms with E-state index in [1.165, 1.54) is 0 Å². The fourth-order valence-electron chi connectivity index (χ4n) is 10.1. The number of fused-ring (bicyclic) bond motifs is 6. The molecule has 0 aromatic heterocycles. The average Bonchev–Trinajstić information content (AvgIpc) is 3.73. The Morgan fingerprint density at radius 2 is 1.00 bits per heavy atom. The SMILES string of the molecule is N#C[C@@H]1C[C@H](F)CN1CC(=O)NC12CCC(C(=O)OCc3ccccc3COC(=O)C34CCC(NC(=O)CN5C[C@@H](F)C[C@H]5C#N)(CC3)CC4)(CC1)CC2. The van der Waals surface area contributed by atoms with Crippen molar-refractivity contribution in [1.82, 2.24) is 20.4 Å². The number of carbonyl (C=O) groups is 4. The summed E-state index contributed by atoms with van der Waals surface area (Å²) < 4.78 is 39.5. The van der Waals surface area contributed by atoms with Crippen molar-refractivity contribution >= 4 is 23.8 Å². The number of halogens is 2. The second-order valence-electron chi connectivity index (χ2n) is 17.0. The third-order valence-electron chi connectivity index (χ3n) is 13.7. The molecule has 0 spiro atoms. The molecule has 6 saturated carbocycles. The summed E-state index contributed by atoms with van der Waals surface area (Å²) in [4.78, 5) is 56.2. The van der Waals surface area contributed by atoms with Gasteiger partial charge in [0.05, 0.1) is 36.1 Å². The van der Waals surface area contributed by atoms with Gasteiger partial charge in [-0.3, -0.25) is 29.0 Å². The quantitative estimate of drug-likeness (QED) is 0.298. The van der Waals surface area contributed by atoms with E-state index in [0.717, 1.165) is 11.1 Å². The van der Waals surface area contributed by atoms with Crippen LogP contribution in [0.4, 0.5) is 8.78 Å². The summed E-state index contributed by atoms with van der Waals surface area (Å²) >= 11 is 0. The van der Waals surface area contributed by atoms with Crippen LogP contribution in [0.1, 0.15) is 101 Å². The molecule has 14 heteroatoms. The van der Waals surface area contributed by atoms with Gasteiger partial charge in [0.15, 0.2) is 0 Å². The smallest absolute Gasteiger partial charge is 0.312 e. The molecule has 54 heavy (non-hydrogen) atoms. The van der Waals surface area contributed by atoms with Crippen molar-refractivity contribution in [2.75, 3.05) is 26.2 Å². The summed E-state index contributed by atoms with van der Waals surface area (Å²) in [6.07, 6.45) is 5.46. The van der Waals surface area contributed by atoms with E-state index in [2.05, 4.69) is 22.8 Å². The summed E-state index contributed by atoms with van der Waals surface area (Å²) in [7, 11) is 0. The standard InChI is InChI=1S/C40H50F2N6O6/c41-29-17-31(19-43)47(21-29)23-33(49)45-39-11-5-37(6-12-39,7-13-39)35(51)53-25-27-3-1-2-4-28(27)26-54-36(52)38-8-14-40(15-9-38,16-10-38)46-34(50)24-48-22-30(42)18-32(48)20-44/h1-4,29-32H,5-18,21-26H2,(H,45,49)(H,46,50)/t29-,30-,31-,32-,37?,38?,39?,40?/m0/s1. The molecule has 6 aliphatic carbocycles. The molecule has 8 fully saturated rings. The van der Waals surface area contributed by atoms with Crippen molar-refractivity contribution in [2.24, 2.45) is 10.8 Å². The van der Waals surface area contributed by atoms with Crippen molar-refractivity contribution in [1.29, 1.82) is 10.5 Å². The minimum absolute atomic E-state index is 0.0147. The second kappa shape index (κ2) is 15.2. The number of hydrogen-bond acceptors (Lipinski definition) is 10. The fraction of sp³-hybridized carbons (Fsp3) is 0.700. The van der Waals surface area contributed by atoms with Gasteiger partial charge in [-0.05, 0) is 88.2 Å². The Labute approximate surface area is 314 Å². The Hall–Kier alpha value is -4.14. The lowest BCUT2D eigenvalue weighted by Gasteiger charge is -2.52. The van der Waals surface area contributed by atoms with Crippen LogP contribution < -0.4 is 10.6 Å². The zero-order valence-corrected chi connectivity index (χ0v) is 30.8. The maximum atomic E-state index is 13.8. The first-order chi connectivity index (χ1) is 25.9. The highest BCUT2D eigenvalue weighted by Crippen LogP contribution is 2.54. The molecule has 0 unspecified atom stereocenters. The highest BCUT2D eigenvalue weighted by Gasteiger charge is 2.55. The molecule has 2 heterocycles. The first-order valence-corrected chi connectivity index (χ1v) is 19.5. The van der Waals surface area contributed by atoms with Crippen LogP contribution in [0.15, 0.2) is 24.3 Å². The molecule has 12 nitrogen and oxygen atoms in total. The van der Waals surface area contributed by atoms with E-state index in [1.807, 2.05) is 24.3 Å². The maximum absolute atomic E-state index is 13.8. The third-order valence-corrected chi connectivity index (χ3v) is 13.7. The van der Waals surface area contributed by atoms with Crippen LogP contribution in [0, 0.1) is 33.5 Å². The predicted octanol–water partition coefficient (Wildman–Crippen LogP) is 4.06. The average molecular weight is 749 g/mol. The van der Waals surface area contributed by atoms with Crippen LogP contribution in [0.25, 0.3) is 0 Å². The highest BCUT2D eigenvalue weighted by molar-refractivity contribution is 5.81. The van der Waals surface area contributed by atoms with Crippen LogP contribution in [0.5, 0.6) is 0 Å². The molecule has 2 aliphatic heterocycles. The number of hydrogen-bond donors (Lipinski definition) is 2. The van der Waals surface area contributed by atoms with Gasteiger partial charge < -0.3 is 20.1 Å². The first-order valence-electron chi connectivity index (χ1n) is 19.5. The zero-order chi connectivity index (χ0) is 38.1. The summed E-state index contributed by atoms with van der Waals surface area (Å²) in [6, 6.07) is 10.4. The largest absolute Gasteiger partial charge is 0.460 e. The summed E-state index contributed by atoms with van der Waals surface area (Å²) in [5.74, 6) is -0.947. The minimum Gasteiger partial charge on any atom is -0.460 e. The van der Waals surface area contributed by atoms with Crippen molar-refractivity contribution in [2.45, 2.75) is 139 Å². The van der Waals surface area contributed by atoms with Crippen LogP contribution in [-0.2, 0) is 41.9 Å². The minimum atomic E-state index is -1.10. The number of esters is 2. The number of rotatable bonds is 12. The molecule has 290 valence electrons. The van der Waals surface area contributed by atoms with Gasteiger partial charge in [0.1, 0.15) is 37.6 Å². The van der Waals surface area contributed by atoms with E-state index in [-0.39, 0.29) is 76.0 Å². The number of nitrogens with one attached hydrogen (secondary N) is 2. The van der Waals surface area contributed by atoms with Crippen LogP contribution >= 0.6 is 0 Å². The van der Waals surface area contributed by atoms with Gasteiger partial charge in [-0.1, -0.05) is 24.3 Å². The number of nitrogens with zero attached hydrogens (tertiary/aromatic N) is 4. The molecule has 1 aromatic carbocycles. The zero-order valence-electron chi connectivity index (χ0n) is 30.8. The van der Waals surface area contributed by atoms with Gasteiger partial charge in [-0.15, -0.1) is 0 Å². The lowest BCUT2D eigenvalue weighted by Crippen LogP contribution is -2.59. The van der Waals surface area contributed by atoms with Crippen LogP contribution in [-0.4, -0.2) is 95.2 Å². The summed E-state index contributed by atoms with van der Waals surface area (Å²) in [6.45, 7) is 0.237. The number of amides is 2. The third kappa shape index (κ3) is 7.70. The normalized spacial score (nSPS) is 35.9. The van der Waals surface area contributed by atoms with Gasteiger partial charge in [0.2, 0.25) is 11.8 Å². The molecule has 2 N–H and O–H groups in total. The molecule has 2 amide bonds. The Kier molecular flexibility index (Phi) is 10.7. The Morgan fingerprint density at radius 3 is 1.33 bits per heavy atom. The number of nitriles is 2. The van der Waals surface area contributed by atoms with E-state index in [4.69, 9.17) is 9.47 Å². The molecule has 9 rings (SSSR count). The van der Waals surface area contributed by atoms with Gasteiger partial charge in [-0.2, -0.15) is 10.5 Å². The van der Waals surface area contributed by atoms with Crippen molar-refractivity contribution in [3.8, 4) is 12.1 Å². The molecular formula is C40H50F2N6O6. The molecule has 2 saturated heterocycles. The summed E-state index contributed by atoms with van der Waals surface area (Å²) in [5, 5.41) is 25.0. The van der Waals surface area contributed by atoms with Gasteiger partial charge in [0, 0.05) is 37.0 Å². The van der Waals surface area contributed by atoms with Crippen molar-refractivity contribution in [3.63, 3.8) is 0 Å². The molecule has 1 aromatic rings. The van der Waals surface area contributed by atoms with Crippen molar-refractivity contribution < 1.29 is 37.4 Å². The molecule has 4 bridgehead atoms. The Morgan fingerprint density at radius 1 is 0.648 bits per heavy atom. The van der Waals surface area contributed by atoms with E-state index >= 15 is 0 Å². The highest BCUT2D eigenvalue weighted by atomic mass is 19.1. The monoisotopic (exact) mass is 748 g/mol. The van der Waals surface area contributed by atoms with Gasteiger partial charge in [-0.25, -0.2) is 8.78 Å². The molecule has 0 radical (unpaired) electrons. The lowest BCUT2D eigenvalue weighted by molar-refractivity contribution is -0.167. The van der Waals surface area contributed by atoms with Gasteiger partial charge in [0.25, 0.3) is 0 Å². The van der Waals surface area contributed by atoms with E-state index in [0.29, 0.717) is 77.0 Å². The topological polar surface area (TPSA) is 165 Å². The summed E-state index contributed by atoms with van der Waals surface area (Å²) in [5.41, 5.74) is -0.518. The lowest BCUT2D eigenvalue weighted by atomic mass is 9.57. The van der Waals surface area contributed by atoms with Crippen LogP contribution in [0.2, 0.25) is 0 Å². The number of alkyl halides is 2. The van der Waals surface area contributed by atoms with Crippen LogP contribution in [0.3, 0.4) is 0 Å². The molecular weight excluding hydrogens is 698 g/mol. The number of ether oxygens (including phenoxy) is 2. The van der Waals surface area contributed by atoms with Crippen molar-refractivity contribution in [3.05, 3.63) is 35.4 Å². The predicted molar refractivity (Wildman–Crippen MR) is 189 cm³/mol. The second-order valence-corrected chi connectivity index (χ2v) is 17.0.